The maximum absolute atomic E-state index is 11.4. The van der Waals surface area contributed by atoms with E-state index in [9.17, 15) is 5.11 Å². The average molecular weight is 384 g/mol. The molecule has 1 fully saturated rings. The minimum atomic E-state index is -0.973. The predicted molar refractivity (Wildman–Crippen MR) is 99.5 cm³/mol. The minimum absolute atomic E-state index is 0.00451. The van der Waals surface area contributed by atoms with Gasteiger partial charge in [0.05, 0.1) is 24.8 Å². The molecule has 7 nitrogen and oxygen atoms in total. The molecule has 7 heteroatoms. The molecule has 1 aliphatic carbocycles. The van der Waals surface area contributed by atoms with Gasteiger partial charge in [-0.2, -0.15) is 0 Å². The Hall–Kier alpha value is -2.35. The molecule has 5 atom stereocenters. The molecule has 3 aliphatic rings. The fraction of sp³-hybridized carbons (Fsp3) is 0.476. The number of benzene rings is 1. The molecule has 0 saturated carbocycles. The van der Waals surface area contributed by atoms with Gasteiger partial charge in [-0.3, -0.25) is 4.90 Å². The van der Waals surface area contributed by atoms with Gasteiger partial charge in [0.1, 0.15) is 18.5 Å². The van der Waals surface area contributed by atoms with E-state index in [0.29, 0.717) is 29.6 Å². The Kier molecular flexibility index (Phi) is 4.01. The van der Waals surface area contributed by atoms with Crippen LogP contribution in [0.5, 0.6) is 5.88 Å². The van der Waals surface area contributed by atoms with Crippen molar-refractivity contribution in [1.82, 2.24) is 10.1 Å². The third-order valence-corrected chi connectivity index (χ3v) is 6.15. The topological polar surface area (TPSA) is 77.2 Å². The highest BCUT2D eigenvalue weighted by Gasteiger charge is 2.68. The van der Waals surface area contributed by atoms with Gasteiger partial charge in [0.2, 0.25) is 0 Å². The quantitative estimate of drug-likeness (QED) is 0.849. The Morgan fingerprint density at radius 2 is 2.07 bits per heavy atom. The summed E-state index contributed by atoms with van der Waals surface area (Å²) in [5, 5.41) is 15.6. The Labute approximate surface area is 163 Å². The number of rotatable bonds is 5. The summed E-state index contributed by atoms with van der Waals surface area (Å²) < 4.78 is 23.6. The Bertz CT molecular complexity index is 909. The summed E-state index contributed by atoms with van der Waals surface area (Å²) in [6.07, 6.45) is 1.73. The van der Waals surface area contributed by atoms with Gasteiger partial charge >= 0.3 is 0 Å². The van der Waals surface area contributed by atoms with Crippen LogP contribution in [0.25, 0.3) is 0 Å². The molecule has 0 unspecified atom stereocenters. The van der Waals surface area contributed by atoms with Crippen LogP contribution < -0.4 is 4.74 Å². The van der Waals surface area contributed by atoms with Crippen LogP contribution in [-0.4, -0.2) is 48.1 Å². The lowest BCUT2D eigenvalue weighted by molar-refractivity contribution is -0.132. The second-order valence-corrected chi connectivity index (χ2v) is 7.88. The van der Waals surface area contributed by atoms with Crippen LogP contribution >= 0.6 is 0 Å². The molecule has 1 aromatic heterocycles. The summed E-state index contributed by atoms with van der Waals surface area (Å²) in [5.74, 6) is 1.63. The van der Waals surface area contributed by atoms with E-state index in [1.165, 1.54) is 0 Å². The lowest BCUT2D eigenvalue weighted by Crippen LogP contribution is -2.51. The van der Waals surface area contributed by atoms with Crippen molar-refractivity contribution in [2.75, 3.05) is 21.2 Å². The number of nitrogens with zero attached hydrogens (tertiary/aromatic N) is 2. The molecule has 2 aromatic rings. The number of fused-ring (bicyclic) bond motifs is 2. The second-order valence-electron chi connectivity index (χ2n) is 7.88. The molecule has 1 spiro atoms. The first-order valence-electron chi connectivity index (χ1n) is 9.51. The maximum Gasteiger partial charge on any atom is 0.260 e. The maximum atomic E-state index is 11.4. The number of ether oxygens (including phenoxy) is 3. The summed E-state index contributed by atoms with van der Waals surface area (Å²) in [7, 11) is 5.61. The van der Waals surface area contributed by atoms with Crippen molar-refractivity contribution >= 4 is 0 Å². The van der Waals surface area contributed by atoms with Gasteiger partial charge in [-0.25, -0.2) is 0 Å². The van der Waals surface area contributed by atoms with E-state index in [1.807, 2.05) is 50.5 Å². The number of hydrogen-bond acceptors (Lipinski definition) is 7. The molecule has 5 rings (SSSR count). The van der Waals surface area contributed by atoms with E-state index >= 15 is 0 Å². The zero-order valence-corrected chi connectivity index (χ0v) is 16.2. The molecule has 1 N–H and O–H groups in total. The van der Waals surface area contributed by atoms with Crippen LogP contribution in [0.2, 0.25) is 0 Å². The van der Waals surface area contributed by atoms with Crippen LogP contribution in [0.15, 0.2) is 46.7 Å². The van der Waals surface area contributed by atoms with Gasteiger partial charge in [-0.15, -0.1) is 0 Å². The number of methoxy groups -OCH3 is 1. The molecule has 1 aromatic carbocycles. The van der Waals surface area contributed by atoms with Gasteiger partial charge in [-0.1, -0.05) is 30.3 Å². The predicted octanol–water partition coefficient (Wildman–Crippen LogP) is 2.59. The van der Waals surface area contributed by atoms with Gasteiger partial charge in [-0.05, 0) is 37.3 Å². The van der Waals surface area contributed by atoms with Crippen molar-refractivity contribution in [3.05, 3.63) is 59.1 Å². The molecule has 0 radical (unpaired) electrons. The molecule has 3 heterocycles. The first-order valence-corrected chi connectivity index (χ1v) is 9.51. The minimum Gasteiger partial charge on any atom is -0.498 e. The van der Waals surface area contributed by atoms with Crippen molar-refractivity contribution in [3.63, 3.8) is 0 Å². The molecular weight excluding hydrogens is 360 g/mol. The van der Waals surface area contributed by atoms with Crippen molar-refractivity contribution in [2.24, 2.45) is 5.92 Å². The Morgan fingerprint density at radius 3 is 2.79 bits per heavy atom. The summed E-state index contributed by atoms with van der Waals surface area (Å²) in [4.78, 5) is 2.08. The Morgan fingerprint density at radius 1 is 1.29 bits per heavy atom. The van der Waals surface area contributed by atoms with Crippen molar-refractivity contribution in [3.8, 4) is 5.88 Å². The van der Waals surface area contributed by atoms with Crippen LogP contribution in [0, 0.1) is 5.92 Å². The number of aromatic nitrogens is 1. The van der Waals surface area contributed by atoms with E-state index < -0.39 is 11.7 Å². The summed E-state index contributed by atoms with van der Waals surface area (Å²) >= 11 is 0. The van der Waals surface area contributed by atoms with Gasteiger partial charge in [0.25, 0.3) is 5.88 Å². The van der Waals surface area contributed by atoms with Crippen LogP contribution in [0.4, 0.5) is 0 Å². The fourth-order valence-corrected chi connectivity index (χ4v) is 5.03. The standard InChI is InChI=1S/C21H24N2O5/c1-23(2)17-14-9-13-10-15(25-3)21(14,27-13)19(24)16-18(17)28-22-20(16)26-11-12-7-5-4-6-8-12/h4-8,10,13-14,17,19,24H,9,11H2,1-3H3/t13-,14+,17+,19+,21+/m1/s1. The Balaban J connectivity index is 1.56. The van der Waals surface area contributed by atoms with Crippen LogP contribution in [-0.2, 0) is 16.1 Å². The summed E-state index contributed by atoms with van der Waals surface area (Å²) in [6.45, 7) is 0.339. The highest BCUT2D eigenvalue weighted by atomic mass is 16.6. The monoisotopic (exact) mass is 384 g/mol. The van der Waals surface area contributed by atoms with Crippen molar-refractivity contribution < 1.29 is 23.8 Å². The third-order valence-electron chi connectivity index (χ3n) is 6.15. The molecular formula is C21H24N2O5. The van der Waals surface area contributed by atoms with Gasteiger partial charge < -0.3 is 23.8 Å². The van der Waals surface area contributed by atoms with E-state index in [-0.39, 0.29) is 18.1 Å². The highest BCUT2D eigenvalue weighted by Crippen LogP contribution is 2.63. The smallest absolute Gasteiger partial charge is 0.260 e. The van der Waals surface area contributed by atoms with E-state index in [2.05, 4.69) is 10.1 Å². The van der Waals surface area contributed by atoms with Crippen molar-refractivity contribution in [2.45, 2.75) is 36.9 Å². The van der Waals surface area contributed by atoms with Crippen LogP contribution in [0.1, 0.15) is 35.5 Å². The zero-order valence-electron chi connectivity index (χ0n) is 16.2. The number of hydrogen-bond donors (Lipinski definition) is 1. The first kappa shape index (κ1) is 17.7. The van der Waals surface area contributed by atoms with E-state index in [4.69, 9.17) is 18.7 Å². The highest BCUT2D eigenvalue weighted by molar-refractivity contribution is 5.45. The molecule has 2 bridgehead atoms. The largest absolute Gasteiger partial charge is 0.498 e. The third kappa shape index (κ3) is 2.30. The molecule has 2 aliphatic heterocycles. The molecule has 28 heavy (non-hydrogen) atoms. The zero-order chi connectivity index (χ0) is 19.5. The van der Waals surface area contributed by atoms with Gasteiger partial charge in [0, 0.05) is 5.92 Å². The van der Waals surface area contributed by atoms with E-state index in [0.717, 1.165) is 12.0 Å². The normalized spacial score (nSPS) is 32.8. The fourth-order valence-electron chi connectivity index (χ4n) is 5.03. The lowest BCUT2D eigenvalue weighted by Gasteiger charge is -2.46. The van der Waals surface area contributed by atoms with Gasteiger partial charge in [0.15, 0.2) is 11.4 Å². The lowest BCUT2D eigenvalue weighted by atomic mass is 9.66. The molecule has 148 valence electrons. The number of aliphatic hydroxyl groups excluding tert-OH is 1. The van der Waals surface area contributed by atoms with Crippen molar-refractivity contribution in [1.29, 1.82) is 0 Å². The van der Waals surface area contributed by atoms with E-state index in [1.54, 1.807) is 7.11 Å². The average Bonchev–Trinajstić information content (AvgIpc) is 3.38. The molecule has 0 amide bonds. The second kappa shape index (κ2) is 6.34. The number of aliphatic hydroxyl groups is 1. The van der Waals surface area contributed by atoms with Crippen LogP contribution in [0.3, 0.4) is 0 Å². The summed E-state index contributed by atoms with van der Waals surface area (Å²) in [5.41, 5.74) is 0.634. The summed E-state index contributed by atoms with van der Waals surface area (Å²) in [6, 6.07) is 9.74. The SMILES string of the molecule is COC1=C[C@H]2C[C@H]3[C@H](N(C)C)c4onc(OCc5ccccc5)c4[C@H](O)[C@@]13O2. The first-order chi connectivity index (χ1) is 13.6. The molecule has 1 saturated heterocycles.